The van der Waals surface area contributed by atoms with Gasteiger partial charge in [0.25, 0.3) is 0 Å². The summed E-state index contributed by atoms with van der Waals surface area (Å²) in [6.07, 6.45) is -0.857. The Kier molecular flexibility index (Phi) is 3.32. The number of aromatic hydroxyl groups is 1. The summed E-state index contributed by atoms with van der Waals surface area (Å²) in [7, 11) is 0. The zero-order valence-electron chi connectivity index (χ0n) is 10.6. The highest BCUT2D eigenvalue weighted by molar-refractivity contribution is 5.66. The second kappa shape index (κ2) is 4.76. The summed E-state index contributed by atoms with van der Waals surface area (Å²) in [5.41, 5.74) is 1.86. The predicted molar refractivity (Wildman–Crippen MR) is 69.2 cm³/mol. The molecule has 1 amide bonds. The Morgan fingerprint density at radius 3 is 2.67 bits per heavy atom. The highest BCUT2D eigenvalue weighted by Crippen LogP contribution is 2.25. The zero-order chi connectivity index (χ0) is 13.3. The fraction of sp³-hybridized carbons (Fsp3) is 0.462. The van der Waals surface area contributed by atoms with Crippen LogP contribution in [0.25, 0.3) is 0 Å². The number of phenols is 1. The molecule has 1 aliphatic heterocycles. The molecule has 1 fully saturated rings. The lowest BCUT2D eigenvalue weighted by atomic mass is 10.1. The van der Waals surface area contributed by atoms with Crippen LogP contribution in [0.1, 0.15) is 12.5 Å². The average molecular weight is 250 g/mol. The molecule has 98 valence electrons. The van der Waals surface area contributed by atoms with Gasteiger partial charge in [-0.05, 0) is 37.6 Å². The molecule has 1 aromatic rings. The monoisotopic (exact) mass is 250 g/mol. The van der Waals surface area contributed by atoms with E-state index in [0.717, 1.165) is 11.3 Å². The molecular weight excluding hydrogens is 232 g/mol. The Balaban J connectivity index is 2.12. The van der Waals surface area contributed by atoms with Crippen LogP contribution in [0.15, 0.2) is 18.2 Å². The molecule has 1 saturated heterocycles. The summed E-state index contributed by atoms with van der Waals surface area (Å²) in [5, 5.41) is 18.5. The topological polar surface area (TPSA) is 64.0 Å². The molecule has 5 heteroatoms. The largest absolute Gasteiger partial charge is 0.508 e. The Morgan fingerprint density at radius 2 is 2.11 bits per heavy atom. The molecule has 0 bridgehead atoms. The fourth-order valence-electron chi connectivity index (χ4n) is 2.31. The van der Waals surface area contributed by atoms with Crippen molar-refractivity contribution in [3.8, 4) is 5.75 Å². The van der Waals surface area contributed by atoms with Crippen LogP contribution in [0.2, 0.25) is 0 Å². The van der Waals surface area contributed by atoms with Crippen molar-refractivity contribution in [2.45, 2.75) is 19.9 Å². The number of rotatable bonds is 1. The first-order valence-electron chi connectivity index (χ1n) is 6.03. The number of nitrogens with zero attached hydrogens (tertiary/aromatic N) is 2. The van der Waals surface area contributed by atoms with Gasteiger partial charge in [0.1, 0.15) is 5.75 Å². The molecule has 0 aliphatic carbocycles. The molecule has 0 saturated carbocycles. The van der Waals surface area contributed by atoms with Crippen molar-refractivity contribution < 1.29 is 15.0 Å². The van der Waals surface area contributed by atoms with E-state index in [0.29, 0.717) is 19.6 Å². The van der Waals surface area contributed by atoms with Crippen molar-refractivity contribution in [2.75, 3.05) is 24.5 Å². The molecule has 0 radical (unpaired) electrons. The first kappa shape index (κ1) is 12.5. The third-order valence-electron chi connectivity index (χ3n) is 3.42. The Labute approximate surface area is 106 Å². The van der Waals surface area contributed by atoms with Crippen molar-refractivity contribution in [3.05, 3.63) is 23.8 Å². The van der Waals surface area contributed by atoms with Crippen LogP contribution < -0.4 is 4.90 Å². The normalized spacial score (nSPS) is 20.0. The third-order valence-corrected chi connectivity index (χ3v) is 3.42. The van der Waals surface area contributed by atoms with Crippen LogP contribution in [0.4, 0.5) is 10.5 Å². The van der Waals surface area contributed by atoms with E-state index in [-0.39, 0.29) is 11.8 Å². The SMILES string of the molecule is Cc1cc(N2CCN(C(=O)O)C(C)C2)ccc1O. The van der Waals surface area contributed by atoms with Gasteiger partial charge >= 0.3 is 6.09 Å². The number of amides is 1. The molecule has 5 nitrogen and oxygen atoms in total. The van der Waals surface area contributed by atoms with Gasteiger partial charge in [0.2, 0.25) is 0 Å². The first-order valence-corrected chi connectivity index (χ1v) is 6.03. The molecule has 1 heterocycles. The molecule has 0 spiro atoms. The highest BCUT2D eigenvalue weighted by Gasteiger charge is 2.27. The van der Waals surface area contributed by atoms with Crippen molar-refractivity contribution in [1.29, 1.82) is 0 Å². The van der Waals surface area contributed by atoms with Gasteiger partial charge in [-0.2, -0.15) is 0 Å². The molecule has 1 aliphatic rings. The van der Waals surface area contributed by atoms with E-state index in [4.69, 9.17) is 5.11 Å². The Hall–Kier alpha value is -1.91. The van der Waals surface area contributed by atoms with Crippen LogP contribution in [0.3, 0.4) is 0 Å². The number of hydrogen-bond acceptors (Lipinski definition) is 3. The molecular formula is C13H18N2O3. The fourth-order valence-corrected chi connectivity index (χ4v) is 2.31. The van der Waals surface area contributed by atoms with E-state index in [1.54, 1.807) is 6.07 Å². The molecule has 18 heavy (non-hydrogen) atoms. The van der Waals surface area contributed by atoms with E-state index in [9.17, 15) is 9.90 Å². The van der Waals surface area contributed by atoms with Gasteiger partial charge < -0.3 is 20.0 Å². The van der Waals surface area contributed by atoms with Crippen molar-refractivity contribution in [1.82, 2.24) is 4.90 Å². The van der Waals surface area contributed by atoms with Crippen LogP contribution >= 0.6 is 0 Å². The number of anilines is 1. The second-order valence-corrected chi connectivity index (χ2v) is 4.74. The molecule has 2 rings (SSSR count). The van der Waals surface area contributed by atoms with E-state index in [1.807, 2.05) is 26.0 Å². The number of hydrogen-bond donors (Lipinski definition) is 2. The predicted octanol–water partition coefficient (Wildman–Crippen LogP) is 1.89. The first-order chi connectivity index (χ1) is 8.49. The highest BCUT2D eigenvalue weighted by atomic mass is 16.4. The smallest absolute Gasteiger partial charge is 0.407 e. The lowest BCUT2D eigenvalue weighted by molar-refractivity contribution is 0.122. The van der Waals surface area contributed by atoms with Gasteiger partial charge in [0, 0.05) is 31.4 Å². The molecule has 1 aromatic carbocycles. The van der Waals surface area contributed by atoms with Crippen molar-refractivity contribution in [2.24, 2.45) is 0 Å². The van der Waals surface area contributed by atoms with Gasteiger partial charge in [-0.25, -0.2) is 4.79 Å². The van der Waals surface area contributed by atoms with Crippen LogP contribution in [-0.4, -0.2) is 46.9 Å². The number of carboxylic acid groups (broad SMARTS) is 1. The minimum atomic E-state index is -0.857. The summed E-state index contributed by atoms with van der Waals surface area (Å²) < 4.78 is 0. The van der Waals surface area contributed by atoms with Crippen LogP contribution in [0.5, 0.6) is 5.75 Å². The maximum Gasteiger partial charge on any atom is 0.407 e. The number of phenolic OH excluding ortho intramolecular Hbond substituents is 1. The van der Waals surface area contributed by atoms with E-state index >= 15 is 0 Å². The van der Waals surface area contributed by atoms with Gasteiger partial charge in [-0.1, -0.05) is 0 Å². The van der Waals surface area contributed by atoms with Gasteiger partial charge in [0.15, 0.2) is 0 Å². The summed E-state index contributed by atoms with van der Waals surface area (Å²) in [6.45, 7) is 5.64. The summed E-state index contributed by atoms with van der Waals surface area (Å²) >= 11 is 0. The maximum atomic E-state index is 11.0. The van der Waals surface area contributed by atoms with Crippen molar-refractivity contribution in [3.63, 3.8) is 0 Å². The quantitative estimate of drug-likeness (QED) is 0.799. The average Bonchev–Trinajstić information content (AvgIpc) is 2.32. The van der Waals surface area contributed by atoms with Gasteiger partial charge in [0.05, 0.1) is 0 Å². The van der Waals surface area contributed by atoms with Gasteiger partial charge in [-0.3, -0.25) is 0 Å². The maximum absolute atomic E-state index is 11.0. The number of aryl methyl sites for hydroxylation is 1. The van der Waals surface area contributed by atoms with Gasteiger partial charge in [-0.15, -0.1) is 0 Å². The standard InChI is InChI=1S/C13H18N2O3/c1-9-7-11(3-4-12(9)16)14-5-6-15(13(17)18)10(2)8-14/h3-4,7,10,16H,5-6,8H2,1-2H3,(H,17,18). The zero-order valence-corrected chi connectivity index (χ0v) is 10.6. The Bertz CT molecular complexity index is 462. The molecule has 2 N–H and O–H groups in total. The lowest BCUT2D eigenvalue weighted by Crippen LogP contribution is -2.53. The van der Waals surface area contributed by atoms with Crippen LogP contribution in [-0.2, 0) is 0 Å². The molecule has 1 atom stereocenters. The third kappa shape index (κ3) is 2.34. The lowest BCUT2D eigenvalue weighted by Gasteiger charge is -2.39. The minimum Gasteiger partial charge on any atom is -0.508 e. The summed E-state index contributed by atoms with van der Waals surface area (Å²) in [4.78, 5) is 14.6. The van der Waals surface area contributed by atoms with E-state index < -0.39 is 6.09 Å². The van der Waals surface area contributed by atoms with Crippen LogP contribution in [0, 0.1) is 6.92 Å². The van der Waals surface area contributed by atoms with Crippen molar-refractivity contribution >= 4 is 11.8 Å². The number of carbonyl (C=O) groups is 1. The van der Waals surface area contributed by atoms with E-state index in [1.165, 1.54) is 4.90 Å². The summed E-state index contributed by atoms with van der Waals surface area (Å²) in [5.74, 6) is 0.288. The molecule has 0 aromatic heterocycles. The summed E-state index contributed by atoms with van der Waals surface area (Å²) in [6, 6.07) is 5.45. The van der Waals surface area contributed by atoms with E-state index in [2.05, 4.69) is 4.90 Å². The number of benzene rings is 1. The minimum absolute atomic E-state index is 0.0228. The Morgan fingerprint density at radius 1 is 1.39 bits per heavy atom. The second-order valence-electron chi connectivity index (χ2n) is 4.74. The molecule has 1 unspecified atom stereocenters. The number of piperazine rings is 1.